The van der Waals surface area contributed by atoms with Crippen molar-refractivity contribution < 1.29 is 18.0 Å². The number of rotatable bonds is 0. The maximum absolute atomic E-state index is 12.3. The Morgan fingerprint density at radius 2 is 1.86 bits per heavy atom. The molecule has 0 aromatic rings. The predicted octanol–water partition coefficient (Wildman–Crippen LogP) is 1.74. The summed E-state index contributed by atoms with van der Waals surface area (Å²) in [5.41, 5.74) is -0.579. The Kier molecular flexibility index (Phi) is 2.41. The molecule has 0 aromatic carbocycles. The standard InChI is InChI=1S/C8H13F3N2O/c1-7(2,3)13-4-5(8(9,10)11)12-6(13)14/h5H,4H2,1-3H3,(H,12,14)/t5-/m1/s1. The van der Waals surface area contributed by atoms with Crippen LogP contribution in [-0.2, 0) is 0 Å². The van der Waals surface area contributed by atoms with Gasteiger partial charge >= 0.3 is 12.2 Å². The fraction of sp³-hybridized carbons (Fsp3) is 0.875. The van der Waals surface area contributed by atoms with E-state index in [1.807, 2.05) is 5.32 Å². The summed E-state index contributed by atoms with van der Waals surface area (Å²) in [6.45, 7) is 4.79. The molecule has 1 fully saturated rings. The number of urea groups is 1. The van der Waals surface area contributed by atoms with Crippen molar-refractivity contribution in [2.75, 3.05) is 6.54 Å². The number of hydrogen-bond donors (Lipinski definition) is 1. The van der Waals surface area contributed by atoms with E-state index < -0.39 is 23.8 Å². The lowest BCUT2D eigenvalue weighted by molar-refractivity contribution is -0.150. The minimum Gasteiger partial charge on any atom is -0.324 e. The van der Waals surface area contributed by atoms with Crippen molar-refractivity contribution in [3.05, 3.63) is 0 Å². The maximum Gasteiger partial charge on any atom is 0.410 e. The van der Waals surface area contributed by atoms with E-state index in [9.17, 15) is 18.0 Å². The van der Waals surface area contributed by atoms with E-state index in [-0.39, 0.29) is 6.54 Å². The fourth-order valence-electron chi connectivity index (χ4n) is 1.30. The zero-order valence-electron chi connectivity index (χ0n) is 8.27. The van der Waals surface area contributed by atoms with Gasteiger partial charge in [0.25, 0.3) is 0 Å². The highest BCUT2D eigenvalue weighted by molar-refractivity contribution is 5.77. The number of carbonyl (C=O) groups excluding carboxylic acids is 1. The molecule has 0 saturated carbocycles. The van der Waals surface area contributed by atoms with Gasteiger partial charge in [0.05, 0.1) is 6.54 Å². The number of halogens is 3. The minimum absolute atomic E-state index is 0.314. The van der Waals surface area contributed by atoms with Gasteiger partial charge in [0, 0.05) is 5.54 Å². The van der Waals surface area contributed by atoms with Crippen molar-refractivity contribution in [1.29, 1.82) is 0 Å². The topological polar surface area (TPSA) is 32.3 Å². The Balaban J connectivity index is 2.75. The Labute approximate surface area is 80.3 Å². The quantitative estimate of drug-likeness (QED) is 0.649. The Morgan fingerprint density at radius 3 is 2.07 bits per heavy atom. The first-order valence-corrected chi connectivity index (χ1v) is 4.27. The van der Waals surface area contributed by atoms with Gasteiger partial charge in [-0.15, -0.1) is 0 Å². The average Bonchev–Trinajstić information content (AvgIpc) is 2.27. The maximum atomic E-state index is 12.3. The van der Waals surface area contributed by atoms with Crippen LogP contribution in [0, 0.1) is 0 Å². The molecule has 2 amide bonds. The summed E-state index contributed by atoms with van der Waals surface area (Å²) in [4.78, 5) is 12.4. The molecule has 0 radical (unpaired) electrons. The molecule has 82 valence electrons. The average molecular weight is 210 g/mol. The molecular formula is C8H13F3N2O. The monoisotopic (exact) mass is 210 g/mol. The number of nitrogens with zero attached hydrogens (tertiary/aromatic N) is 1. The molecule has 6 heteroatoms. The minimum atomic E-state index is -4.37. The van der Waals surface area contributed by atoms with Gasteiger partial charge in [-0.25, -0.2) is 4.79 Å². The first-order chi connectivity index (χ1) is 6.12. The third-order valence-electron chi connectivity index (χ3n) is 2.11. The molecule has 1 aliphatic heterocycles. The molecule has 1 rings (SSSR count). The van der Waals surface area contributed by atoms with Crippen molar-refractivity contribution >= 4 is 6.03 Å². The molecule has 14 heavy (non-hydrogen) atoms. The van der Waals surface area contributed by atoms with Crippen LogP contribution < -0.4 is 5.32 Å². The second kappa shape index (κ2) is 3.03. The van der Waals surface area contributed by atoms with Gasteiger partial charge in [0.1, 0.15) is 6.04 Å². The first-order valence-electron chi connectivity index (χ1n) is 4.27. The normalized spacial score (nSPS) is 24.0. The number of hydrogen-bond acceptors (Lipinski definition) is 1. The summed E-state index contributed by atoms with van der Waals surface area (Å²) in [6, 6.07) is -2.39. The Morgan fingerprint density at radius 1 is 1.36 bits per heavy atom. The Hall–Kier alpha value is -0.940. The van der Waals surface area contributed by atoms with Gasteiger partial charge in [-0.05, 0) is 20.8 Å². The second-order valence-corrected chi connectivity index (χ2v) is 4.33. The van der Waals surface area contributed by atoms with Crippen LogP contribution in [0.5, 0.6) is 0 Å². The van der Waals surface area contributed by atoms with Crippen LogP contribution in [0.15, 0.2) is 0 Å². The summed E-state index contributed by atoms with van der Waals surface area (Å²) in [5, 5.41) is 1.91. The molecule has 0 aliphatic carbocycles. The predicted molar refractivity (Wildman–Crippen MR) is 44.8 cm³/mol. The SMILES string of the molecule is CC(C)(C)N1C[C@H](C(F)(F)F)NC1=O. The van der Waals surface area contributed by atoms with Gasteiger partial charge < -0.3 is 10.2 Å². The van der Waals surface area contributed by atoms with E-state index in [1.165, 1.54) is 4.90 Å². The smallest absolute Gasteiger partial charge is 0.324 e. The van der Waals surface area contributed by atoms with Crippen LogP contribution in [-0.4, -0.2) is 35.2 Å². The summed E-state index contributed by atoms with van der Waals surface area (Å²) in [5.74, 6) is 0. The molecular weight excluding hydrogens is 197 g/mol. The molecule has 0 spiro atoms. The third-order valence-corrected chi connectivity index (χ3v) is 2.11. The molecule has 1 aliphatic rings. The van der Waals surface area contributed by atoms with Crippen LogP contribution in [0.4, 0.5) is 18.0 Å². The molecule has 1 saturated heterocycles. The van der Waals surface area contributed by atoms with Gasteiger partial charge in [-0.2, -0.15) is 13.2 Å². The summed E-state index contributed by atoms with van der Waals surface area (Å²) in [7, 11) is 0. The second-order valence-electron chi connectivity index (χ2n) is 4.33. The van der Waals surface area contributed by atoms with Gasteiger partial charge in [0.2, 0.25) is 0 Å². The summed E-state index contributed by atoms with van der Waals surface area (Å²) < 4.78 is 36.8. The van der Waals surface area contributed by atoms with Crippen molar-refractivity contribution in [2.24, 2.45) is 0 Å². The van der Waals surface area contributed by atoms with Crippen LogP contribution in [0.2, 0.25) is 0 Å². The highest BCUT2D eigenvalue weighted by Gasteiger charge is 2.48. The Bertz CT molecular complexity index is 244. The van der Waals surface area contributed by atoms with E-state index in [1.54, 1.807) is 20.8 Å². The van der Waals surface area contributed by atoms with Gasteiger partial charge in [-0.1, -0.05) is 0 Å². The third kappa shape index (κ3) is 2.10. The molecule has 1 heterocycles. The first kappa shape index (κ1) is 11.1. The number of amides is 2. The lowest BCUT2D eigenvalue weighted by Gasteiger charge is -2.30. The van der Waals surface area contributed by atoms with Crippen LogP contribution in [0.1, 0.15) is 20.8 Å². The lowest BCUT2D eigenvalue weighted by atomic mass is 10.1. The highest BCUT2D eigenvalue weighted by atomic mass is 19.4. The van der Waals surface area contributed by atoms with Gasteiger partial charge in [-0.3, -0.25) is 0 Å². The van der Waals surface area contributed by atoms with Crippen LogP contribution in [0.25, 0.3) is 0 Å². The van der Waals surface area contributed by atoms with E-state index in [4.69, 9.17) is 0 Å². The van der Waals surface area contributed by atoms with Crippen molar-refractivity contribution in [3.8, 4) is 0 Å². The number of alkyl halides is 3. The molecule has 0 aromatic heterocycles. The molecule has 1 N–H and O–H groups in total. The molecule has 0 unspecified atom stereocenters. The van der Waals surface area contributed by atoms with E-state index in [2.05, 4.69) is 0 Å². The molecule has 0 bridgehead atoms. The zero-order valence-corrected chi connectivity index (χ0v) is 8.27. The fourth-order valence-corrected chi connectivity index (χ4v) is 1.30. The van der Waals surface area contributed by atoms with Crippen LogP contribution in [0.3, 0.4) is 0 Å². The summed E-state index contributed by atoms with van der Waals surface area (Å²) in [6.07, 6.45) is -4.37. The van der Waals surface area contributed by atoms with E-state index >= 15 is 0 Å². The number of nitrogens with one attached hydrogen (secondary N) is 1. The van der Waals surface area contributed by atoms with Crippen molar-refractivity contribution in [1.82, 2.24) is 10.2 Å². The molecule has 3 nitrogen and oxygen atoms in total. The lowest BCUT2D eigenvalue weighted by Crippen LogP contribution is -2.43. The van der Waals surface area contributed by atoms with Gasteiger partial charge in [0.15, 0.2) is 0 Å². The van der Waals surface area contributed by atoms with E-state index in [0.717, 1.165) is 0 Å². The van der Waals surface area contributed by atoms with E-state index in [0.29, 0.717) is 0 Å². The summed E-state index contributed by atoms with van der Waals surface area (Å²) >= 11 is 0. The van der Waals surface area contributed by atoms with Crippen LogP contribution >= 0.6 is 0 Å². The molecule has 1 atom stereocenters. The number of carbonyl (C=O) groups is 1. The van der Waals surface area contributed by atoms with Crippen molar-refractivity contribution in [2.45, 2.75) is 38.5 Å². The van der Waals surface area contributed by atoms with Crippen molar-refractivity contribution in [3.63, 3.8) is 0 Å². The highest BCUT2D eigenvalue weighted by Crippen LogP contribution is 2.27. The largest absolute Gasteiger partial charge is 0.410 e. The zero-order chi connectivity index (χ0) is 11.1.